The summed E-state index contributed by atoms with van der Waals surface area (Å²) in [5.74, 6) is -2.92. The van der Waals surface area contributed by atoms with Crippen LogP contribution in [0, 0.1) is 0 Å². The van der Waals surface area contributed by atoms with Crippen LogP contribution in [0.3, 0.4) is 0 Å². The van der Waals surface area contributed by atoms with Gasteiger partial charge in [0.2, 0.25) is 0 Å². The van der Waals surface area contributed by atoms with E-state index in [0.717, 1.165) is 0 Å². The van der Waals surface area contributed by atoms with E-state index in [1.165, 1.54) is 13.8 Å². The van der Waals surface area contributed by atoms with Crippen LogP contribution in [-0.2, 0) is 19.1 Å². The van der Waals surface area contributed by atoms with E-state index in [9.17, 15) is 22.8 Å². The van der Waals surface area contributed by atoms with Gasteiger partial charge in [0.15, 0.2) is 5.57 Å². The van der Waals surface area contributed by atoms with Crippen molar-refractivity contribution in [2.75, 3.05) is 13.2 Å². The molecule has 5 nitrogen and oxygen atoms in total. The molecule has 17 heavy (non-hydrogen) atoms. The minimum atomic E-state index is -5.01. The van der Waals surface area contributed by atoms with Crippen molar-refractivity contribution in [2.45, 2.75) is 20.0 Å². The van der Waals surface area contributed by atoms with E-state index in [1.54, 1.807) is 0 Å². The van der Waals surface area contributed by atoms with Gasteiger partial charge >= 0.3 is 18.1 Å². The van der Waals surface area contributed by atoms with Crippen LogP contribution in [0.25, 0.3) is 0 Å². The molecule has 0 amide bonds. The molecular weight excluding hydrogens is 243 g/mol. The highest BCUT2D eigenvalue weighted by atomic mass is 19.4. The van der Waals surface area contributed by atoms with Gasteiger partial charge in [0, 0.05) is 0 Å². The van der Waals surface area contributed by atoms with E-state index in [-0.39, 0.29) is 13.2 Å². The zero-order valence-electron chi connectivity index (χ0n) is 9.26. The molecule has 2 N–H and O–H groups in total. The van der Waals surface area contributed by atoms with E-state index >= 15 is 0 Å². The number of halogens is 3. The molecule has 0 aromatic carbocycles. The summed E-state index contributed by atoms with van der Waals surface area (Å²) >= 11 is 0. The molecule has 0 atom stereocenters. The Labute approximate surface area is 95.4 Å². The molecule has 0 bridgehead atoms. The summed E-state index contributed by atoms with van der Waals surface area (Å²) in [5.41, 5.74) is 1.55. The Morgan fingerprint density at radius 2 is 1.41 bits per heavy atom. The third-order valence-electron chi connectivity index (χ3n) is 1.53. The summed E-state index contributed by atoms with van der Waals surface area (Å²) in [6, 6.07) is 0. The van der Waals surface area contributed by atoms with Crippen LogP contribution in [0.1, 0.15) is 13.8 Å². The maximum atomic E-state index is 12.3. The lowest BCUT2D eigenvalue weighted by Gasteiger charge is -2.12. The van der Waals surface area contributed by atoms with Crippen LogP contribution in [0.15, 0.2) is 11.3 Å². The number of nitrogens with two attached hydrogens (primary N) is 1. The number of alkyl halides is 3. The Bertz CT molecular complexity index is 316. The molecule has 0 saturated carbocycles. The van der Waals surface area contributed by atoms with E-state index in [2.05, 4.69) is 9.47 Å². The molecule has 0 spiro atoms. The monoisotopic (exact) mass is 255 g/mol. The fourth-order valence-electron chi connectivity index (χ4n) is 0.852. The topological polar surface area (TPSA) is 78.6 Å². The molecule has 0 aliphatic rings. The molecule has 0 fully saturated rings. The lowest BCUT2D eigenvalue weighted by molar-refractivity contribution is -0.148. The van der Waals surface area contributed by atoms with E-state index in [4.69, 9.17) is 5.73 Å². The van der Waals surface area contributed by atoms with Gasteiger partial charge in [-0.3, -0.25) is 0 Å². The van der Waals surface area contributed by atoms with Crippen molar-refractivity contribution in [3.8, 4) is 0 Å². The van der Waals surface area contributed by atoms with Crippen LogP contribution in [0.4, 0.5) is 13.2 Å². The first-order valence-electron chi connectivity index (χ1n) is 4.66. The highest BCUT2D eigenvalue weighted by Crippen LogP contribution is 2.25. The summed E-state index contributed by atoms with van der Waals surface area (Å²) in [5, 5.41) is 0. The zero-order valence-corrected chi connectivity index (χ0v) is 9.26. The van der Waals surface area contributed by atoms with Crippen molar-refractivity contribution in [1.82, 2.24) is 0 Å². The smallest absolute Gasteiger partial charge is 0.431 e. The minimum Gasteiger partial charge on any atom is -0.462 e. The van der Waals surface area contributed by atoms with E-state index in [1.807, 2.05) is 0 Å². The predicted octanol–water partition coefficient (Wildman–Crippen LogP) is 0.888. The summed E-state index contributed by atoms with van der Waals surface area (Å²) in [4.78, 5) is 22.4. The second kappa shape index (κ2) is 6.12. The Kier molecular flexibility index (Phi) is 5.49. The first kappa shape index (κ1) is 15.3. The lowest BCUT2D eigenvalue weighted by atomic mass is 10.2. The molecule has 0 heterocycles. The van der Waals surface area contributed by atoms with Crippen molar-refractivity contribution in [3.05, 3.63) is 11.3 Å². The van der Waals surface area contributed by atoms with Crippen LogP contribution in [-0.4, -0.2) is 31.3 Å². The second-order valence-corrected chi connectivity index (χ2v) is 2.73. The molecule has 0 saturated heterocycles. The van der Waals surface area contributed by atoms with Gasteiger partial charge < -0.3 is 15.2 Å². The number of ether oxygens (including phenoxy) is 2. The third-order valence-corrected chi connectivity index (χ3v) is 1.53. The molecule has 0 aliphatic heterocycles. The Morgan fingerprint density at radius 1 is 1.06 bits per heavy atom. The molecule has 0 aliphatic carbocycles. The van der Waals surface area contributed by atoms with Gasteiger partial charge in [0.1, 0.15) is 5.70 Å². The normalized spacial score (nSPS) is 10.6. The summed E-state index contributed by atoms with van der Waals surface area (Å²) in [6.07, 6.45) is -5.01. The molecule has 0 rings (SSSR count). The van der Waals surface area contributed by atoms with Gasteiger partial charge in [-0.1, -0.05) is 0 Å². The first-order valence-corrected chi connectivity index (χ1v) is 4.66. The molecule has 0 aromatic heterocycles. The van der Waals surface area contributed by atoms with Gasteiger partial charge in [-0.05, 0) is 13.8 Å². The fraction of sp³-hybridized carbons (Fsp3) is 0.556. The summed E-state index contributed by atoms with van der Waals surface area (Å²) < 4.78 is 45.5. The predicted molar refractivity (Wildman–Crippen MR) is 50.5 cm³/mol. The number of carbonyl (C=O) groups is 2. The van der Waals surface area contributed by atoms with Gasteiger partial charge in [0.05, 0.1) is 13.2 Å². The fourth-order valence-corrected chi connectivity index (χ4v) is 0.852. The number of rotatable bonds is 4. The standard InChI is InChI=1S/C9H12F3NO4/c1-3-16-7(14)5(8(15)17-4-2)6(13)9(10,11)12/h3-4,13H2,1-2H3. The van der Waals surface area contributed by atoms with Gasteiger partial charge in [-0.15, -0.1) is 0 Å². The molecule has 0 aromatic rings. The van der Waals surface area contributed by atoms with Crippen molar-refractivity contribution < 1.29 is 32.2 Å². The highest BCUT2D eigenvalue weighted by Gasteiger charge is 2.40. The minimum absolute atomic E-state index is 0.188. The molecular formula is C9H12F3NO4. The quantitative estimate of drug-likeness (QED) is 0.349. The van der Waals surface area contributed by atoms with Crippen molar-refractivity contribution in [3.63, 3.8) is 0 Å². The number of hydrogen-bond acceptors (Lipinski definition) is 5. The summed E-state index contributed by atoms with van der Waals surface area (Å²) in [6.45, 7) is 2.38. The Hall–Kier alpha value is -1.73. The second-order valence-electron chi connectivity index (χ2n) is 2.73. The van der Waals surface area contributed by atoms with E-state index in [0.29, 0.717) is 0 Å². The van der Waals surface area contributed by atoms with Gasteiger partial charge in [-0.2, -0.15) is 13.2 Å². The zero-order chi connectivity index (χ0) is 13.6. The largest absolute Gasteiger partial charge is 0.462 e. The molecule has 0 radical (unpaired) electrons. The average molecular weight is 255 g/mol. The lowest BCUT2D eigenvalue weighted by Crippen LogP contribution is -2.30. The van der Waals surface area contributed by atoms with Gasteiger partial charge in [0.25, 0.3) is 0 Å². The van der Waals surface area contributed by atoms with Crippen molar-refractivity contribution in [1.29, 1.82) is 0 Å². The first-order chi connectivity index (χ1) is 7.75. The number of esters is 2. The van der Waals surface area contributed by atoms with Crippen molar-refractivity contribution in [2.24, 2.45) is 5.73 Å². The maximum Gasteiger partial charge on any atom is 0.431 e. The van der Waals surface area contributed by atoms with E-state index < -0.39 is 29.4 Å². The van der Waals surface area contributed by atoms with Crippen LogP contribution >= 0.6 is 0 Å². The summed E-state index contributed by atoms with van der Waals surface area (Å²) in [7, 11) is 0. The number of allylic oxidation sites excluding steroid dienone is 1. The maximum absolute atomic E-state index is 12.3. The number of hydrogen-bond donors (Lipinski definition) is 1. The Morgan fingerprint density at radius 3 is 1.65 bits per heavy atom. The third kappa shape index (κ3) is 4.33. The Balaban J connectivity index is 5.39. The average Bonchev–Trinajstić information content (AvgIpc) is 2.17. The number of carbonyl (C=O) groups excluding carboxylic acids is 2. The molecule has 98 valence electrons. The molecule has 0 unspecified atom stereocenters. The van der Waals surface area contributed by atoms with Crippen molar-refractivity contribution >= 4 is 11.9 Å². The molecule has 8 heteroatoms. The van der Waals surface area contributed by atoms with Crippen LogP contribution < -0.4 is 5.73 Å². The van der Waals surface area contributed by atoms with Crippen LogP contribution in [0.2, 0.25) is 0 Å². The highest BCUT2D eigenvalue weighted by molar-refractivity contribution is 6.14. The SMILES string of the molecule is CCOC(=O)C(C(=O)OCC)=C(N)C(F)(F)F. The van der Waals surface area contributed by atoms with Crippen LogP contribution in [0.5, 0.6) is 0 Å². The van der Waals surface area contributed by atoms with Gasteiger partial charge in [-0.25, -0.2) is 9.59 Å².